The predicted molar refractivity (Wildman–Crippen MR) is 89.0 cm³/mol. The lowest BCUT2D eigenvalue weighted by atomic mass is 10.1. The molecule has 0 bridgehead atoms. The lowest BCUT2D eigenvalue weighted by molar-refractivity contribution is 0.634. The van der Waals surface area contributed by atoms with E-state index < -0.39 is 5.82 Å². The van der Waals surface area contributed by atoms with Crippen LogP contribution in [0, 0.1) is 17.1 Å². The Morgan fingerprint density at radius 2 is 2.00 bits per heavy atom. The number of pyridine rings is 1. The van der Waals surface area contributed by atoms with Crippen molar-refractivity contribution in [3.63, 3.8) is 0 Å². The third-order valence-electron chi connectivity index (χ3n) is 3.70. The van der Waals surface area contributed by atoms with Crippen LogP contribution in [0.3, 0.4) is 0 Å². The van der Waals surface area contributed by atoms with Crippen molar-refractivity contribution in [2.24, 2.45) is 0 Å². The van der Waals surface area contributed by atoms with Gasteiger partial charge in [-0.3, -0.25) is 4.98 Å². The number of fused-ring (bicyclic) bond motifs is 2. The minimum Gasteiger partial charge on any atom is -0.264 e. The van der Waals surface area contributed by atoms with Gasteiger partial charge in [-0.1, -0.05) is 24.3 Å². The number of halogens is 1. The van der Waals surface area contributed by atoms with E-state index in [0.29, 0.717) is 5.52 Å². The summed E-state index contributed by atoms with van der Waals surface area (Å²) < 4.78 is 13.8. The maximum absolute atomic E-state index is 13.8. The molecule has 24 heavy (non-hydrogen) atoms. The van der Waals surface area contributed by atoms with Crippen molar-refractivity contribution in [1.82, 2.24) is 20.0 Å². The minimum absolute atomic E-state index is 0.140. The topological polar surface area (TPSA) is 67.4 Å². The van der Waals surface area contributed by atoms with Crippen LogP contribution in [-0.4, -0.2) is 20.0 Å². The van der Waals surface area contributed by atoms with Crippen LogP contribution in [0.1, 0.15) is 5.56 Å². The molecule has 0 N–H and O–H groups in total. The standard InChI is InChI=1S/C18H10FN5/c19-16-5-2-6-17-18(16)23-24(22-17)14(10-20)9-12-3-1-4-13-11-21-8-7-15(12)13/h1-9,11H/b14-9+. The first-order valence-electron chi connectivity index (χ1n) is 7.23. The van der Waals surface area contributed by atoms with Gasteiger partial charge in [0.15, 0.2) is 11.5 Å². The molecule has 6 heteroatoms. The third kappa shape index (κ3) is 2.29. The molecule has 0 amide bonds. The molecule has 0 fully saturated rings. The summed E-state index contributed by atoms with van der Waals surface area (Å²) in [4.78, 5) is 5.25. The summed E-state index contributed by atoms with van der Waals surface area (Å²) >= 11 is 0. The molecular formula is C18H10FN5. The van der Waals surface area contributed by atoms with E-state index in [1.165, 1.54) is 6.07 Å². The predicted octanol–water partition coefficient (Wildman–Crippen LogP) is 3.64. The second-order valence-electron chi connectivity index (χ2n) is 5.18. The Kier molecular flexibility index (Phi) is 3.25. The molecule has 0 atom stereocenters. The molecule has 2 aromatic heterocycles. The van der Waals surface area contributed by atoms with Crippen molar-refractivity contribution in [2.75, 3.05) is 0 Å². The number of nitriles is 1. The Hall–Kier alpha value is -3.59. The van der Waals surface area contributed by atoms with E-state index in [2.05, 4.69) is 21.3 Å². The van der Waals surface area contributed by atoms with Crippen LogP contribution in [0.2, 0.25) is 0 Å². The van der Waals surface area contributed by atoms with Gasteiger partial charge >= 0.3 is 0 Å². The second kappa shape index (κ2) is 5.56. The molecule has 0 aliphatic rings. The number of hydrogen-bond acceptors (Lipinski definition) is 4. The Morgan fingerprint density at radius 1 is 1.12 bits per heavy atom. The molecular weight excluding hydrogens is 305 g/mol. The zero-order valence-corrected chi connectivity index (χ0v) is 12.4. The van der Waals surface area contributed by atoms with E-state index in [1.54, 1.807) is 30.6 Å². The lowest BCUT2D eigenvalue weighted by Crippen LogP contribution is -1.99. The molecule has 0 radical (unpaired) electrons. The molecule has 2 aromatic carbocycles. The number of rotatable bonds is 2. The Bertz CT molecular complexity index is 1130. The van der Waals surface area contributed by atoms with Gasteiger partial charge in [-0.05, 0) is 35.2 Å². The highest BCUT2D eigenvalue weighted by atomic mass is 19.1. The highest BCUT2D eigenvalue weighted by Crippen LogP contribution is 2.21. The lowest BCUT2D eigenvalue weighted by Gasteiger charge is -2.02. The molecule has 0 aliphatic carbocycles. The van der Waals surface area contributed by atoms with Crippen LogP contribution < -0.4 is 0 Å². The molecule has 5 nitrogen and oxygen atoms in total. The van der Waals surface area contributed by atoms with E-state index >= 15 is 0 Å². The smallest absolute Gasteiger partial charge is 0.163 e. The summed E-state index contributed by atoms with van der Waals surface area (Å²) in [6, 6.07) is 14.2. The number of hydrogen-bond donors (Lipinski definition) is 0. The van der Waals surface area contributed by atoms with Crippen molar-refractivity contribution in [3.8, 4) is 6.07 Å². The van der Waals surface area contributed by atoms with Gasteiger partial charge in [0.25, 0.3) is 0 Å². The molecule has 0 spiro atoms. The average molecular weight is 315 g/mol. The summed E-state index contributed by atoms with van der Waals surface area (Å²) in [6.45, 7) is 0. The molecule has 114 valence electrons. The summed E-state index contributed by atoms with van der Waals surface area (Å²) in [6.07, 6.45) is 5.13. The van der Waals surface area contributed by atoms with Crippen molar-refractivity contribution < 1.29 is 4.39 Å². The highest BCUT2D eigenvalue weighted by Gasteiger charge is 2.10. The van der Waals surface area contributed by atoms with E-state index in [1.807, 2.05) is 24.3 Å². The van der Waals surface area contributed by atoms with E-state index in [4.69, 9.17) is 0 Å². The van der Waals surface area contributed by atoms with E-state index in [0.717, 1.165) is 21.1 Å². The molecule has 4 rings (SSSR count). The maximum Gasteiger partial charge on any atom is 0.163 e. The fourth-order valence-electron chi connectivity index (χ4n) is 2.57. The second-order valence-corrected chi connectivity index (χ2v) is 5.18. The molecule has 0 unspecified atom stereocenters. The highest BCUT2D eigenvalue weighted by molar-refractivity contribution is 5.94. The summed E-state index contributed by atoms with van der Waals surface area (Å²) in [7, 11) is 0. The molecule has 0 aliphatic heterocycles. The molecule has 0 saturated carbocycles. The van der Waals surface area contributed by atoms with Crippen molar-refractivity contribution in [1.29, 1.82) is 5.26 Å². The van der Waals surface area contributed by atoms with Crippen LogP contribution >= 0.6 is 0 Å². The largest absolute Gasteiger partial charge is 0.264 e. The average Bonchev–Trinajstić information content (AvgIpc) is 3.05. The van der Waals surface area contributed by atoms with Gasteiger partial charge in [0.1, 0.15) is 17.1 Å². The number of allylic oxidation sites excluding steroid dienone is 1. The van der Waals surface area contributed by atoms with Crippen molar-refractivity contribution >= 4 is 33.6 Å². The fraction of sp³-hybridized carbons (Fsp3) is 0. The first-order valence-corrected chi connectivity index (χ1v) is 7.23. The quantitative estimate of drug-likeness (QED) is 0.530. The van der Waals surface area contributed by atoms with E-state index in [-0.39, 0.29) is 11.2 Å². The summed E-state index contributed by atoms with van der Waals surface area (Å²) in [5.74, 6) is -0.465. The Labute approximate surface area is 136 Å². The number of nitrogens with zero attached hydrogens (tertiary/aromatic N) is 5. The fourth-order valence-corrected chi connectivity index (χ4v) is 2.57. The van der Waals surface area contributed by atoms with Gasteiger partial charge in [-0.15, -0.1) is 15.0 Å². The zero-order valence-electron chi connectivity index (χ0n) is 12.4. The van der Waals surface area contributed by atoms with Gasteiger partial charge < -0.3 is 0 Å². The van der Waals surface area contributed by atoms with Gasteiger partial charge in [0.05, 0.1) is 0 Å². The van der Waals surface area contributed by atoms with Crippen LogP contribution in [0.5, 0.6) is 0 Å². The van der Waals surface area contributed by atoms with Crippen LogP contribution in [0.4, 0.5) is 4.39 Å². The van der Waals surface area contributed by atoms with Crippen LogP contribution in [0.25, 0.3) is 33.6 Å². The first kappa shape index (κ1) is 14.0. The number of aromatic nitrogens is 4. The first-order chi connectivity index (χ1) is 11.8. The third-order valence-corrected chi connectivity index (χ3v) is 3.70. The molecule has 4 aromatic rings. The Morgan fingerprint density at radius 3 is 2.83 bits per heavy atom. The molecule has 2 heterocycles. The van der Waals surface area contributed by atoms with Gasteiger partial charge in [-0.2, -0.15) is 5.26 Å². The van der Waals surface area contributed by atoms with Crippen LogP contribution in [0.15, 0.2) is 54.9 Å². The summed E-state index contributed by atoms with van der Waals surface area (Å²) in [5, 5.41) is 19.7. The van der Waals surface area contributed by atoms with Crippen LogP contribution in [-0.2, 0) is 0 Å². The Balaban J connectivity index is 1.89. The number of benzene rings is 2. The molecule has 0 saturated heterocycles. The van der Waals surface area contributed by atoms with Gasteiger partial charge in [0.2, 0.25) is 0 Å². The van der Waals surface area contributed by atoms with Gasteiger partial charge in [-0.25, -0.2) is 4.39 Å². The van der Waals surface area contributed by atoms with Crippen molar-refractivity contribution in [2.45, 2.75) is 0 Å². The normalized spacial score (nSPS) is 11.8. The zero-order chi connectivity index (χ0) is 16.5. The van der Waals surface area contributed by atoms with Gasteiger partial charge in [0, 0.05) is 17.8 Å². The van der Waals surface area contributed by atoms with E-state index in [9.17, 15) is 9.65 Å². The minimum atomic E-state index is -0.465. The summed E-state index contributed by atoms with van der Waals surface area (Å²) in [5.41, 5.74) is 1.59. The SMILES string of the molecule is N#C/C(=C\c1cccc2cnccc12)n1nc2cccc(F)c2n1. The maximum atomic E-state index is 13.8. The van der Waals surface area contributed by atoms with Crippen molar-refractivity contribution in [3.05, 3.63) is 66.2 Å². The monoisotopic (exact) mass is 315 g/mol.